The fourth-order valence-corrected chi connectivity index (χ4v) is 7.82. The van der Waals surface area contributed by atoms with Crippen molar-refractivity contribution < 1.29 is 40.6 Å². The van der Waals surface area contributed by atoms with Crippen LogP contribution in [0.3, 0.4) is 0 Å². The van der Waals surface area contributed by atoms with Crippen LogP contribution in [0.4, 0.5) is 37.8 Å². The van der Waals surface area contributed by atoms with Crippen molar-refractivity contribution in [2.45, 2.75) is 76.5 Å². The molecular formula is C34H38F6N8O3. The molecule has 6 heterocycles. The molecule has 7 rings (SSSR count). The normalized spacial score (nSPS) is 22.0. The van der Waals surface area contributed by atoms with E-state index in [4.69, 9.17) is 20.2 Å². The minimum atomic E-state index is -4.88. The van der Waals surface area contributed by atoms with Crippen molar-refractivity contribution in [1.29, 1.82) is 0 Å². The van der Waals surface area contributed by atoms with Crippen molar-refractivity contribution in [1.82, 2.24) is 29.5 Å². The molecule has 4 aliphatic heterocycles. The zero-order valence-corrected chi connectivity index (χ0v) is 28.4. The molecule has 17 heteroatoms. The molecule has 0 bridgehead atoms. The summed E-state index contributed by atoms with van der Waals surface area (Å²) in [6, 6.07) is 1.53. The maximum absolute atomic E-state index is 15.4. The minimum absolute atomic E-state index is 0.0197. The number of alkyl halides is 3. The monoisotopic (exact) mass is 720 g/mol. The number of benzene rings is 1. The molecule has 11 nitrogen and oxygen atoms in total. The molecule has 2 N–H and O–H groups in total. The van der Waals surface area contributed by atoms with Crippen LogP contribution in [0.1, 0.15) is 75.9 Å². The molecule has 1 aromatic carbocycles. The number of carbonyl (C=O) groups excluding carboxylic acids is 1. The maximum Gasteiger partial charge on any atom is 0.416 e. The van der Waals surface area contributed by atoms with Gasteiger partial charge in [0.1, 0.15) is 12.4 Å². The Bertz CT molecular complexity index is 1910. The summed E-state index contributed by atoms with van der Waals surface area (Å²) in [6.07, 6.45) is -5.98. The van der Waals surface area contributed by atoms with Gasteiger partial charge in [0.15, 0.2) is 11.5 Å². The Kier molecular flexibility index (Phi) is 8.92. The highest BCUT2D eigenvalue weighted by Gasteiger charge is 2.48. The van der Waals surface area contributed by atoms with Crippen molar-refractivity contribution in [3.8, 4) is 6.01 Å². The fourth-order valence-electron chi connectivity index (χ4n) is 7.82. The highest BCUT2D eigenvalue weighted by Crippen LogP contribution is 2.45. The summed E-state index contributed by atoms with van der Waals surface area (Å²) in [4.78, 5) is 27.7. The second-order valence-electron chi connectivity index (χ2n) is 13.9. The van der Waals surface area contributed by atoms with Crippen molar-refractivity contribution >= 4 is 17.4 Å². The van der Waals surface area contributed by atoms with Gasteiger partial charge < -0.3 is 25.0 Å². The summed E-state index contributed by atoms with van der Waals surface area (Å²) in [5, 5.41) is 4.59. The Labute approximate surface area is 290 Å². The summed E-state index contributed by atoms with van der Waals surface area (Å²) >= 11 is 0. The van der Waals surface area contributed by atoms with Crippen LogP contribution in [-0.4, -0.2) is 81.3 Å². The van der Waals surface area contributed by atoms with Crippen LogP contribution in [-0.2, 0) is 37.0 Å². The van der Waals surface area contributed by atoms with E-state index >= 15 is 4.39 Å². The van der Waals surface area contributed by atoms with E-state index in [2.05, 4.69) is 10.1 Å². The lowest BCUT2D eigenvalue weighted by Crippen LogP contribution is -2.43. The summed E-state index contributed by atoms with van der Waals surface area (Å²) in [6.45, 7) is 3.71. The first-order valence-corrected chi connectivity index (χ1v) is 16.8. The van der Waals surface area contributed by atoms with Gasteiger partial charge in [0.05, 0.1) is 47.4 Å². The highest BCUT2D eigenvalue weighted by molar-refractivity contribution is 5.93. The lowest BCUT2D eigenvalue weighted by atomic mass is 9.93. The Morgan fingerprint density at radius 1 is 1.14 bits per heavy atom. The van der Waals surface area contributed by atoms with Crippen molar-refractivity contribution in [3.05, 3.63) is 68.9 Å². The van der Waals surface area contributed by atoms with Crippen LogP contribution in [0.25, 0.3) is 0 Å². The van der Waals surface area contributed by atoms with Crippen molar-refractivity contribution in [2.24, 2.45) is 0 Å². The molecule has 51 heavy (non-hydrogen) atoms. The molecule has 1 amide bonds. The lowest BCUT2D eigenvalue weighted by molar-refractivity contribution is -0.140. The van der Waals surface area contributed by atoms with E-state index in [1.54, 1.807) is 18.8 Å². The van der Waals surface area contributed by atoms with E-state index in [1.165, 1.54) is 4.90 Å². The zero-order chi connectivity index (χ0) is 36.4. The van der Waals surface area contributed by atoms with Crippen LogP contribution in [0.2, 0.25) is 0 Å². The Balaban J connectivity index is 1.27. The number of aromatic nitrogens is 4. The predicted octanol–water partition coefficient (Wildman–Crippen LogP) is 5.42. The van der Waals surface area contributed by atoms with Gasteiger partial charge in [0, 0.05) is 62.4 Å². The Morgan fingerprint density at radius 2 is 1.92 bits per heavy atom. The van der Waals surface area contributed by atoms with Gasteiger partial charge in [-0.3, -0.25) is 14.4 Å². The van der Waals surface area contributed by atoms with E-state index in [9.17, 15) is 26.7 Å². The number of hydrogen-bond acceptors (Lipinski definition) is 9. The smallest absolute Gasteiger partial charge is 0.416 e. The minimum Gasteiger partial charge on any atom is -0.461 e. The molecule has 3 aromatic rings. The topological polar surface area (TPSA) is 115 Å². The van der Waals surface area contributed by atoms with Crippen LogP contribution < -0.4 is 15.4 Å². The summed E-state index contributed by atoms with van der Waals surface area (Å²) in [5.74, 6) is -1.04. The SMILES string of the molecule is Cc1c(C(=O)N(C)C)nn2c1CN(c1nc(OC[C@@]34CCCN3CC(=C(F)F)C4)nc3c1COC(c1c(C(F)(F)F)ccc(N)c1F)C3)CCC2. The number of anilines is 2. The molecule has 0 saturated carbocycles. The van der Waals surface area contributed by atoms with E-state index in [0.717, 1.165) is 24.2 Å². The summed E-state index contributed by atoms with van der Waals surface area (Å²) in [7, 11) is 3.30. The first kappa shape index (κ1) is 35.0. The average molecular weight is 721 g/mol. The molecule has 2 aromatic heterocycles. The number of ether oxygens (including phenoxy) is 2. The van der Waals surface area contributed by atoms with Gasteiger partial charge in [-0.2, -0.15) is 37.0 Å². The largest absolute Gasteiger partial charge is 0.461 e. The van der Waals surface area contributed by atoms with Gasteiger partial charge >= 0.3 is 12.2 Å². The number of nitrogens with zero attached hydrogens (tertiary/aromatic N) is 7. The molecule has 2 saturated heterocycles. The third-order valence-electron chi connectivity index (χ3n) is 10.5. The van der Waals surface area contributed by atoms with Crippen LogP contribution in [0.15, 0.2) is 23.8 Å². The fraction of sp³-hybridized carbons (Fsp3) is 0.529. The van der Waals surface area contributed by atoms with Gasteiger partial charge in [0.2, 0.25) is 0 Å². The zero-order valence-electron chi connectivity index (χ0n) is 28.4. The number of nitrogen functional groups attached to an aromatic ring is 1. The number of carbonyl (C=O) groups is 1. The third kappa shape index (κ3) is 6.27. The molecule has 0 spiro atoms. The van der Waals surface area contributed by atoms with E-state index in [0.29, 0.717) is 60.8 Å². The number of rotatable bonds is 6. The van der Waals surface area contributed by atoms with E-state index < -0.39 is 46.5 Å². The van der Waals surface area contributed by atoms with Gasteiger partial charge in [0.25, 0.3) is 12.0 Å². The van der Waals surface area contributed by atoms with Gasteiger partial charge in [-0.05, 0) is 51.3 Å². The molecule has 2 fully saturated rings. The van der Waals surface area contributed by atoms with Gasteiger partial charge in [-0.25, -0.2) is 4.39 Å². The quantitative estimate of drug-likeness (QED) is 0.264. The second kappa shape index (κ2) is 13.0. The maximum atomic E-state index is 15.4. The number of nitrogens with two attached hydrogens (primary N) is 1. The summed E-state index contributed by atoms with van der Waals surface area (Å²) in [5.41, 5.74) is 5.40. The molecular weight excluding hydrogens is 682 g/mol. The van der Waals surface area contributed by atoms with Crippen molar-refractivity contribution in [2.75, 3.05) is 51.0 Å². The molecule has 2 atom stereocenters. The number of amides is 1. The standard InChI is InChI=1S/C34H38F6N8O3/c1-18-24-15-46(9-5-11-48(24)44-28(18)31(49)45(2)3)30-20-16-50-25(26-21(34(38,39)40)6-7-22(41)27(26)35)12-23(20)42-32(43-30)51-17-33-8-4-10-47(33)14-19(13-33)29(36)37/h6-7,25H,4-5,8-17,41H2,1-3H3/t25?,33-/m0/s1. The Morgan fingerprint density at radius 3 is 2.65 bits per heavy atom. The first-order valence-electron chi connectivity index (χ1n) is 16.8. The van der Waals surface area contributed by atoms with Gasteiger partial charge in [-0.15, -0.1) is 0 Å². The molecule has 4 aliphatic rings. The second-order valence-corrected chi connectivity index (χ2v) is 13.9. The highest BCUT2D eigenvalue weighted by atomic mass is 19.4. The number of halogens is 6. The van der Waals surface area contributed by atoms with E-state index in [-0.39, 0.29) is 56.6 Å². The van der Waals surface area contributed by atoms with Crippen LogP contribution in [0.5, 0.6) is 6.01 Å². The lowest BCUT2D eigenvalue weighted by Gasteiger charge is -2.33. The first-order chi connectivity index (χ1) is 24.2. The molecule has 0 radical (unpaired) electrons. The number of hydrogen-bond donors (Lipinski definition) is 1. The average Bonchev–Trinajstić information content (AvgIpc) is 3.68. The molecule has 1 unspecified atom stereocenters. The van der Waals surface area contributed by atoms with Gasteiger partial charge in [-0.1, -0.05) is 0 Å². The predicted molar refractivity (Wildman–Crippen MR) is 173 cm³/mol. The number of aryl methyl sites for hydroxylation is 1. The summed E-state index contributed by atoms with van der Waals surface area (Å²) < 4.78 is 99.0. The number of fused-ring (bicyclic) bond motifs is 3. The van der Waals surface area contributed by atoms with Crippen molar-refractivity contribution in [3.63, 3.8) is 0 Å². The van der Waals surface area contributed by atoms with E-state index in [1.807, 2.05) is 16.7 Å². The molecule has 274 valence electrons. The van der Waals surface area contributed by atoms with Crippen LogP contribution in [0, 0.1) is 12.7 Å². The molecule has 0 aliphatic carbocycles. The van der Waals surface area contributed by atoms with Crippen LogP contribution >= 0.6 is 0 Å². The Hall–Kier alpha value is -4.38. The third-order valence-corrected chi connectivity index (χ3v) is 10.5.